The summed E-state index contributed by atoms with van der Waals surface area (Å²) in [5.74, 6) is -0.387. The number of halogens is 2. The van der Waals surface area contributed by atoms with E-state index in [-0.39, 0.29) is 12.2 Å². The van der Waals surface area contributed by atoms with Crippen molar-refractivity contribution in [3.8, 4) is 0 Å². The number of rotatable bonds is 3. The summed E-state index contributed by atoms with van der Waals surface area (Å²) in [4.78, 5) is 12.5. The Bertz CT molecular complexity index is 654. The number of hydrogen-bond donors (Lipinski definition) is 0. The van der Waals surface area contributed by atoms with Crippen LogP contribution in [0.5, 0.6) is 0 Å². The van der Waals surface area contributed by atoms with Gasteiger partial charge in [-0.2, -0.15) is 0 Å². The maximum absolute atomic E-state index is 13.0. The molecule has 2 aromatic rings. The maximum Gasteiger partial charge on any atom is 0.167 e. The number of hydrogen-bond acceptors (Lipinski definition) is 1. The quantitative estimate of drug-likeness (QED) is 0.740. The van der Waals surface area contributed by atoms with Gasteiger partial charge in [0.1, 0.15) is 5.82 Å². The number of ketones is 1. The molecule has 0 atom stereocenters. The van der Waals surface area contributed by atoms with E-state index in [1.807, 2.05) is 32.9 Å². The van der Waals surface area contributed by atoms with Crippen LogP contribution < -0.4 is 0 Å². The molecule has 1 nitrogen and oxygen atoms in total. The molecule has 0 unspecified atom stereocenters. The Morgan fingerprint density at radius 1 is 1.10 bits per heavy atom. The summed E-state index contributed by atoms with van der Waals surface area (Å²) < 4.78 is 13.0. The monoisotopic (exact) mass is 290 g/mol. The molecule has 0 bridgehead atoms. The van der Waals surface area contributed by atoms with Gasteiger partial charge in [-0.25, -0.2) is 4.39 Å². The molecule has 0 aromatic heterocycles. The van der Waals surface area contributed by atoms with Gasteiger partial charge < -0.3 is 0 Å². The van der Waals surface area contributed by atoms with Gasteiger partial charge in [0.15, 0.2) is 5.78 Å². The second kappa shape index (κ2) is 5.76. The lowest BCUT2D eigenvalue weighted by molar-refractivity contribution is 0.0992. The average molecular weight is 291 g/mol. The van der Waals surface area contributed by atoms with Crippen molar-refractivity contribution in [2.75, 3.05) is 0 Å². The van der Waals surface area contributed by atoms with Crippen LogP contribution in [0, 0.1) is 26.6 Å². The fourth-order valence-electron chi connectivity index (χ4n) is 2.55. The zero-order valence-electron chi connectivity index (χ0n) is 11.8. The maximum atomic E-state index is 13.0. The average Bonchev–Trinajstić information content (AvgIpc) is 2.31. The molecule has 3 heteroatoms. The molecule has 0 saturated carbocycles. The van der Waals surface area contributed by atoms with E-state index in [1.54, 1.807) is 6.07 Å². The first-order valence-corrected chi connectivity index (χ1v) is 6.81. The Hall–Kier alpha value is -1.67. The van der Waals surface area contributed by atoms with Crippen LogP contribution in [0.3, 0.4) is 0 Å². The zero-order chi connectivity index (χ0) is 14.9. The lowest BCUT2D eigenvalue weighted by atomic mass is 9.93. The topological polar surface area (TPSA) is 17.1 Å². The highest BCUT2D eigenvalue weighted by molar-refractivity contribution is 6.31. The van der Waals surface area contributed by atoms with Crippen LogP contribution in [0.1, 0.15) is 32.6 Å². The minimum atomic E-state index is -0.395. The van der Waals surface area contributed by atoms with Gasteiger partial charge in [0.05, 0.1) is 0 Å². The second-order valence-corrected chi connectivity index (χ2v) is 5.52. The lowest BCUT2D eigenvalue weighted by Gasteiger charge is -2.11. The van der Waals surface area contributed by atoms with Crippen LogP contribution in [0.2, 0.25) is 5.02 Å². The predicted molar refractivity (Wildman–Crippen MR) is 80.1 cm³/mol. The van der Waals surface area contributed by atoms with Gasteiger partial charge in [-0.1, -0.05) is 35.4 Å². The highest BCUT2D eigenvalue weighted by Crippen LogP contribution is 2.22. The van der Waals surface area contributed by atoms with E-state index in [0.29, 0.717) is 10.6 Å². The smallest absolute Gasteiger partial charge is 0.167 e. The Balaban J connectivity index is 2.33. The molecule has 0 fully saturated rings. The normalized spacial score (nSPS) is 10.7. The Morgan fingerprint density at radius 3 is 2.25 bits per heavy atom. The largest absolute Gasteiger partial charge is 0.294 e. The molecular formula is C17H16ClFO. The van der Waals surface area contributed by atoms with Crippen LogP contribution in [0.25, 0.3) is 0 Å². The van der Waals surface area contributed by atoms with Crippen molar-refractivity contribution in [1.29, 1.82) is 0 Å². The van der Waals surface area contributed by atoms with Crippen molar-refractivity contribution >= 4 is 17.4 Å². The fraction of sp³-hybridized carbons (Fsp3) is 0.235. The third-order valence-corrected chi connectivity index (χ3v) is 3.67. The highest BCUT2D eigenvalue weighted by Gasteiger charge is 2.15. The summed E-state index contributed by atoms with van der Waals surface area (Å²) in [6.07, 6.45) is 0.184. The van der Waals surface area contributed by atoms with E-state index in [2.05, 4.69) is 0 Å². The Morgan fingerprint density at radius 2 is 1.70 bits per heavy atom. The predicted octanol–water partition coefficient (Wildman–Crippen LogP) is 4.83. The summed E-state index contributed by atoms with van der Waals surface area (Å²) in [5.41, 5.74) is 4.45. The van der Waals surface area contributed by atoms with E-state index >= 15 is 0 Å². The van der Waals surface area contributed by atoms with Gasteiger partial charge in [0.2, 0.25) is 0 Å². The van der Waals surface area contributed by atoms with Gasteiger partial charge in [0, 0.05) is 17.0 Å². The molecule has 0 radical (unpaired) electrons. The van der Waals surface area contributed by atoms with Crippen molar-refractivity contribution in [2.24, 2.45) is 0 Å². The van der Waals surface area contributed by atoms with Crippen LogP contribution in [0.15, 0.2) is 30.3 Å². The molecule has 0 aliphatic heterocycles. The van der Waals surface area contributed by atoms with E-state index in [4.69, 9.17) is 11.6 Å². The fourth-order valence-corrected chi connectivity index (χ4v) is 2.78. The molecule has 0 spiro atoms. The van der Waals surface area contributed by atoms with Gasteiger partial charge in [-0.3, -0.25) is 4.79 Å². The number of Topliss-reactive ketones (excluding diaryl/α,β-unsaturated/α-hetero) is 1. The van der Waals surface area contributed by atoms with Crippen molar-refractivity contribution in [2.45, 2.75) is 27.2 Å². The van der Waals surface area contributed by atoms with E-state index in [0.717, 1.165) is 22.3 Å². The summed E-state index contributed by atoms with van der Waals surface area (Å²) in [7, 11) is 0. The molecule has 0 N–H and O–H groups in total. The summed E-state index contributed by atoms with van der Waals surface area (Å²) >= 11 is 5.97. The number of aryl methyl sites for hydroxylation is 3. The number of benzene rings is 2. The first kappa shape index (κ1) is 14.7. The standard InChI is InChI=1S/C17H16ClFO/c1-10-6-11(2)17(12(3)7-10)16(20)8-13-4-5-14(19)9-15(13)18/h4-7,9H,8H2,1-3H3. The Kier molecular flexibility index (Phi) is 4.24. The molecular weight excluding hydrogens is 275 g/mol. The molecule has 0 aliphatic carbocycles. The van der Waals surface area contributed by atoms with E-state index in [1.165, 1.54) is 12.1 Å². The Labute approximate surface area is 123 Å². The SMILES string of the molecule is Cc1cc(C)c(C(=O)Cc2ccc(F)cc2Cl)c(C)c1. The molecule has 104 valence electrons. The minimum absolute atomic E-state index is 0.00788. The zero-order valence-corrected chi connectivity index (χ0v) is 12.5. The number of carbonyl (C=O) groups is 1. The first-order valence-electron chi connectivity index (χ1n) is 6.43. The molecule has 0 aliphatic rings. The van der Waals surface area contributed by atoms with Crippen molar-refractivity contribution in [1.82, 2.24) is 0 Å². The van der Waals surface area contributed by atoms with Crippen LogP contribution in [0.4, 0.5) is 4.39 Å². The van der Waals surface area contributed by atoms with Crippen molar-refractivity contribution < 1.29 is 9.18 Å². The minimum Gasteiger partial charge on any atom is -0.294 e. The number of carbonyl (C=O) groups excluding carboxylic acids is 1. The third kappa shape index (κ3) is 3.07. The molecule has 0 amide bonds. The van der Waals surface area contributed by atoms with Gasteiger partial charge in [-0.05, 0) is 49.6 Å². The summed E-state index contributed by atoms with van der Waals surface area (Å²) in [5, 5.41) is 0.292. The highest BCUT2D eigenvalue weighted by atomic mass is 35.5. The van der Waals surface area contributed by atoms with Gasteiger partial charge >= 0.3 is 0 Å². The van der Waals surface area contributed by atoms with Gasteiger partial charge in [0.25, 0.3) is 0 Å². The first-order chi connectivity index (χ1) is 9.38. The molecule has 2 rings (SSSR count). The van der Waals surface area contributed by atoms with Crippen molar-refractivity contribution in [3.05, 3.63) is 69.0 Å². The van der Waals surface area contributed by atoms with E-state index in [9.17, 15) is 9.18 Å². The summed E-state index contributed by atoms with van der Waals surface area (Å²) in [6, 6.07) is 8.11. The molecule has 2 aromatic carbocycles. The molecule has 0 saturated heterocycles. The summed E-state index contributed by atoms with van der Waals surface area (Å²) in [6.45, 7) is 5.87. The van der Waals surface area contributed by atoms with Crippen LogP contribution in [-0.2, 0) is 6.42 Å². The lowest BCUT2D eigenvalue weighted by Crippen LogP contribution is -2.09. The second-order valence-electron chi connectivity index (χ2n) is 5.11. The van der Waals surface area contributed by atoms with Crippen molar-refractivity contribution in [3.63, 3.8) is 0 Å². The third-order valence-electron chi connectivity index (χ3n) is 3.32. The van der Waals surface area contributed by atoms with Gasteiger partial charge in [-0.15, -0.1) is 0 Å². The van der Waals surface area contributed by atoms with E-state index < -0.39 is 5.82 Å². The molecule has 20 heavy (non-hydrogen) atoms. The van der Waals surface area contributed by atoms with Crippen LogP contribution >= 0.6 is 11.6 Å². The molecule has 0 heterocycles. The van der Waals surface area contributed by atoms with Crippen LogP contribution in [-0.4, -0.2) is 5.78 Å².